The summed E-state index contributed by atoms with van der Waals surface area (Å²) in [5.41, 5.74) is 6.06. The monoisotopic (exact) mass is 376 g/mol. The molecule has 0 fully saturated rings. The largest absolute Gasteiger partial charge is 0.440 e. The molecule has 7 heteroatoms. The smallest absolute Gasteiger partial charge is 0.259 e. The molecule has 28 heavy (non-hydrogen) atoms. The lowest BCUT2D eigenvalue weighted by Gasteiger charge is -2.34. The van der Waals surface area contributed by atoms with Crippen LogP contribution in [0.5, 0.6) is 5.75 Å². The molecule has 2 N–H and O–H groups in total. The van der Waals surface area contributed by atoms with Gasteiger partial charge in [0, 0.05) is 36.1 Å². The minimum atomic E-state index is -1.62. The molecule has 3 heterocycles. The molecule has 1 aromatic heterocycles. The fourth-order valence-electron chi connectivity index (χ4n) is 4.24. The van der Waals surface area contributed by atoms with Gasteiger partial charge >= 0.3 is 0 Å². The topological polar surface area (TPSA) is 101 Å². The van der Waals surface area contributed by atoms with Crippen LogP contribution in [0.4, 0.5) is 5.69 Å². The number of carbonyl (C=O) groups excluding carboxylic acids is 1. The Balaban J connectivity index is 2.24. The van der Waals surface area contributed by atoms with Crippen molar-refractivity contribution in [3.63, 3.8) is 0 Å². The molecule has 2 aliphatic rings. The first-order valence-corrected chi connectivity index (χ1v) is 8.99. The molecular formula is C21H20N4O3. The minimum absolute atomic E-state index is 0.0541. The Hall–Kier alpha value is -3.53. The first-order chi connectivity index (χ1) is 13.3. The third-order valence-electron chi connectivity index (χ3n) is 5.59. The van der Waals surface area contributed by atoms with Gasteiger partial charge in [0.2, 0.25) is 11.8 Å². The number of nitrogens with two attached hydrogens (primary N) is 1. The number of amides is 1. The summed E-state index contributed by atoms with van der Waals surface area (Å²) in [6.45, 7) is 5.54. The van der Waals surface area contributed by atoms with Crippen LogP contribution in [-0.2, 0) is 17.3 Å². The van der Waals surface area contributed by atoms with Crippen molar-refractivity contribution in [2.75, 3.05) is 4.90 Å². The summed E-state index contributed by atoms with van der Waals surface area (Å²) < 4.78 is 7.10. The number of hydrogen-bond donors (Lipinski definition) is 1. The molecule has 0 saturated carbocycles. The predicted molar refractivity (Wildman–Crippen MR) is 104 cm³/mol. The van der Waals surface area contributed by atoms with Crippen molar-refractivity contribution in [2.45, 2.75) is 32.2 Å². The number of anilines is 1. The molecule has 7 nitrogen and oxygen atoms in total. The van der Waals surface area contributed by atoms with Crippen LogP contribution < -0.4 is 20.9 Å². The van der Waals surface area contributed by atoms with Crippen LogP contribution in [0.1, 0.15) is 30.7 Å². The summed E-state index contributed by atoms with van der Waals surface area (Å²) in [5.74, 6) is -0.309. The number of aromatic nitrogens is 1. The molecule has 4 rings (SSSR count). The SMILES string of the molecule is Cc1cc2c(c(=O)n1C)[C@@]1(C(=O)N(C(C)C)c3ccccc31)C(C#N)=C(N)O2. The van der Waals surface area contributed by atoms with Crippen molar-refractivity contribution in [3.8, 4) is 11.8 Å². The van der Waals surface area contributed by atoms with E-state index in [9.17, 15) is 14.9 Å². The number of nitrogens with zero attached hydrogens (tertiary/aromatic N) is 3. The van der Waals surface area contributed by atoms with Crippen molar-refractivity contribution in [3.05, 3.63) is 69.0 Å². The van der Waals surface area contributed by atoms with E-state index in [0.717, 1.165) is 0 Å². The Labute approximate surface area is 162 Å². The quantitative estimate of drug-likeness (QED) is 0.818. The van der Waals surface area contributed by atoms with Gasteiger partial charge in [0.25, 0.3) is 5.56 Å². The van der Waals surface area contributed by atoms with Crippen LogP contribution in [0.25, 0.3) is 0 Å². The van der Waals surface area contributed by atoms with E-state index >= 15 is 0 Å². The number of pyridine rings is 1. The number of benzene rings is 1. The van der Waals surface area contributed by atoms with Gasteiger partial charge in [-0.2, -0.15) is 5.26 Å². The number of aryl methyl sites for hydroxylation is 1. The van der Waals surface area contributed by atoms with Crippen molar-refractivity contribution in [1.29, 1.82) is 5.26 Å². The lowest BCUT2D eigenvalue weighted by Crippen LogP contribution is -2.51. The molecule has 2 aliphatic heterocycles. The highest BCUT2D eigenvalue weighted by Gasteiger charge is 2.61. The van der Waals surface area contributed by atoms with Gasteiger partial charge < -0.3 is 19.9 Å². The summed E-state index contributed by atoms with van der Waals surface area (Å²) in [5, 5.41) is 9.95. The van der Waals surface area contributed by atoms with E-state index in [0.29, 0.717) is 16.9 Å². The zero-order chi connectivity index (χ0) is 20.4. The highest BCUT2D eigenvalue weighted by Crippen LogP contribution is 2.54. The summed E-state index contributed by atoms with van der Waals surface area (Å²) >= 11 is 0. The number of ether oxygens (including phenoxy) is 1. The lowest BCUT2D eigenvalue weighted by molar-refractivity contribution is -0.121. The Morgan fingerprint density at radius 1 is 1.25 bits per heavy atom. The van der Waals surface area contributed by atoms with Gasteiger partial charge in [-0.25, -0.2) is 0 Å². The Bertz CT molecular complexity index is 1170. The number of nitriles is 1. The molecule has 142 valence electrons. The third-order valence-corrected chi connectivity index (χ3v) is 5.59. The van der Waals surface area contributed by atoms with Crippen molar-refractivity contribution < 1.29 is 9.53 Å². The highest BCUT2D eigenvalue weighted by molar-refractivity contribution is 6.14. The van der Waals surface area contributed by atoms with Crippen LogP contribution in [0, 0.1) is 18.3 Å². The first kappa shape index (κ1) is 17.9. The normalized spacial score (nSPS) is 20.3. The number of fused-ring (bicyclic) bond motifs is 4. The second kappa shape index (κ2) is 5.73. The van der Waals surface area contributed by atoms with Crippen LogP contribution in [0.15, 0.2) is 46.6 Å². The van der Waals surface area contributed by atoms with E-state index in [-0.39, 0.29) is 40.3 Å². The zero-order valence-electron chi connectivity index (χ0n) is 16.1. The number of para-hydroxylation sites is 1. The average molecular weight is 376 g/mol. The molecule has 1 aromatic carbocycles. The Morgan fingerprint density at radius 3 is 2.57 bits per heavy atom. The fraction of sp³-hybridized carbons (Fsp3) is 0.286. The molecule has 1 atom stereocenters. The zero-order valence-corrected chi connectivity index (χ0v) is 16.1. The summed E-state index contributed by atoms with van der Waals surface area (Å²) in [6.07, 6.45) is 0. The van der Waals surface area contributed by atoms with Gasteiger partial charge in [0.05, 0.1) is 5.56 Å². The molecule has 0 aliphatic carbocycles. The second-order valence-corrected chi connectivity index (χ2v) is 7.38. The van der Waals surface area contributed by atoms with Gasteiger partial charge in [-0.05, 0) is 26.8 Å². The third kappa shape index (κ3) is 1.92. The van der Waals surface area contributed by atoms with E-state index < -0.39 is 5.41 Å². The maximum absolute atomic E-state index is 13.9. The van der Waals surface area contributed by atoms with E-state index in [1.165, 1.54) is 4.57 Å². The number of rotatable bonds is 1. The maximum atomic E-state index is 13.9. The summed E-state index contributed by atoms with van der Waals surface area (Å²) in [4.78, 5) is 28.8. The Kier molecular flexibility index (Phi) is 3.66. The minimum Gasteiger partial charge on any atom is -0.440 e. The van der Waals surface area contributed by atoms with Crippen molar-refractivity contribution in [2.24, 2.45) is 12.8 Å². The average Bonchev–Trinajstić information content (AvgIpc) is 2.89. The molecule has 1 spiro atoms. The number of hydrogen-bond acceptors (Lipinski definition) is 5. The molecular weight excluding hydrogens is 356 g/mol. The van der Waals surface area contributed by atoms with E-state index in [2.05, 4.69) is 6.07 Å². The van der Waals surface area contributed by atoms with Crippen LogP contribution in [-0.4, -0.2) is 16.5 Å². The van der Waals surface area contributed by atoms with Gasteiger partial charge in [0.15, 0.2) is 5.41 Å². The van der Waals surface area contributed by atoms with E-state index in [1.807, 2.05) is 26.0 Å². The first-order valence-electron chi connectivity index (χ1n) is 8.99. The van der Waals surface area contributed by atoms with Crippen molar-refractivity contribution >= 4 is 11.6 Å². The van der Waals surface area contributed by atoms with E-state index in [1.54, 1.807) is 37.1 Å². The lowest BCUT2D eigenvalue weighted by atomic mass is 9.69. The molecule has 1 amide bonds. The maximum Gasteiger partial charge on any atom is 0.259 e. The molecule has 2 aromatic rings. The standard InChI is InChI=1S/C21H20N4O3/c1-11(2)25-15-8-6-5-7-13(15)21(20(25)27)14(10-22)18(23)28-16-9-12(3)24(4)19(26)17(16)21/h5-9,11H,23H2,1-4H3/t21-/m0/s1. The van der Waals surface area contributed by atoms with Crippen molar-refractivity contribution in [1.82, 2.24) is 4.57 Å². The van der Waals surface area contributed by atoms with Gasteiger partial charge in [-0.1, -0.05) is 18.2 Å². The summed E-state index contributed by atoms with van der Waals surface area (Å²) in [6, 6.07) is 10.8. The van der Waals surface area contributed by atoms with Crippen LogP contribution in [0.3, 0.4) is 0 Å². The fourth-order valence-corrected chi connectivity index (χ4v) is 4.24. The molecule has 0 radical (unpaired) electrons. The van der Waals surface area contributed by atoms with Crippen LogP contribution >= 0.6 is 0 Å². The van der Waals surface area contributed by atoms with Gasteiger partial charge in [0.1, 0.15) is 17.4 Å². The Morgan fingerprint density at radius 2 is 1.93 bits per heavy atom. The molecule has 0 bridgehead atoms. The van der Waals surface area contributed by atoms with Gasteiger partial charge in [-0.15, -0.1) is 0 Å². The van der Waals surface area contributed by atoms with Crippen LogP contribution in [0.2, 0.25) is 0 Å². The molecule has 0 unspecified atom stereocenters. The van der Waals surface area contributed by atoms with E-state index in [4.69, 9.17) is 10.5 Å². The number of carbonyl (C=O) groups is 1. The molecule has 0 saturated heterocycles. The summed E-state index contributed by atoms with van der Waals surface area (Å²) in [7, 11) is 1.63. The second-order valence-electron chi connectivity index (χ2n) is 7.38. The predicted octanol–water partition coefficient (Wildman–Crippen LogP) is 1.82. The van der Waals surface area contributed by atoms with Gasteiger partial charge in [-0.3, -0.25) is 9.59 Å². The highest BCUT2D eigenvalue weighted by atomic mass is 16.5.